The van der Waals surface area contributed by atoms with E-state index in [0.717, 1.165) is 0 Å². The summed E-state index contributed by atoms with van der Waals surface area (Å²) in [5, 5.41) is 41.3. The molecule has 0 aliphatic rings. The molecule has 0 spiro atoms. The van der Waals surface area contributed by atoms with Gasteiger partial charge in [0.15, 0.2) is 17.0 Å². The number of anilines is 3. The Hall–Kier alpha value is -5.88. The van der Waals surface area contributed by atoms with Gasteiger partial charge in [0.2, 0.25) is 5.95 Å². The molecule has 4 rings (SSSR count). The average Bonchev–Trinajstić information content (AvgIpc) is 3.02. The van der Waals surface area contributed by atoms with Crippen molar-refractivity contribution < 1.29 is 44.2 Å². The fourth-order valence-corrected chi connectivity index (χ4v) is 4.16. The third kappa shape index (κ3) is 8.83. The van der Waals surface area contributed by atoms with Crippen molar-refractivity contribution >= 4 is 65.1 Å². The Kier molecular flexibility index (Phi) is 10.6. The van der Waals surface area contributed by atoms with Gasteiger partial charge in [-0.25, -0.2) is 19.6 Å². The molecule has 0 bridgehead atoms. The first-order valence-electron chi connectivity index (χ1n) is 13.6. The minimum absolute atomic E-state index is 0.0263. The summed E-state index contributed by atoms with van der Waals surface area (Å²) in [4.78, 5) is 66.0. The Morgan fingerprint density at radius 2 is 1.70 bits per heavy atom. The highest BCUT2D eigenvalue weighted by molar-refractivity contribution is 6.58. The number of carbonyl (C=O) groups excluding carboxylic acids is 2. The Morgan fingerprint density at radius 3 is 2.33 bits per heavy atom. The predicted molar refractivity (Wildman–Crippen MR) is 164 cm³/mol. The van der Waals surface area contributed by atoms with Crippen molar-refractivity contribution in [2.75, 3.05) is 23.0 Å². The molecular weight excluding hydrogens is 603 g/mol. The van der Waals surface area contributed by atoms with Crippen molar-refractivity contribution in [1.82, 2.24) is 25.3 Å². The molecular formula is C28H29BN8O9. The number of fused-ring (bicyclic) bond motifs is 1. The maximum absolute atomic E-state index is 12.6. The fraction of sp³-hybridized carbons (Fsp3) is 0.214. The summed E-state index contributed by atoms with van der Waals surface area (Å²) >= 11 is 0. The smallest absolute Gasteiger partial charge is 0.481 e. The largest absolute Gasteiger partial charge is 0.488 e. The van der Waals surface area contributed by atoms with E-state index in [0.29, 0.717) is 16.9 Å². The molecule has 1 atom stereocenters. The number of aromatic nitrogens is 4. The first-order chi connectivity index (χ1) is 21.9. The van der Waals surface area contributed by atoms with E-state index in [1.54, 1.807) is 36.2 Å². The number of hydrogen-bond donors (Lipinski definition) is 7. The summed E-state index contributed by atoms with van der Waals surface area (Å²) in [5.41, 5.74) is 8.29. The maximum atomic E-state index is 12.6. The SMILES string of the molecule is CN(Cc1cnc2nc(N)nc(NC(=O)OCc3ccc(B(O)O)cc3)c2n1)c1ccc(C(=O)N[C@H](CCC(=O)O)C(=O)O)cc1. The van der Waals surface area contributed by atoms with Crippen LogP contribution in [-0.2, 0) is 27.5 Å². The molecule has 2 heterocycles. The summed E-state index contributed by atoms with van der Waals surface area (Å²) in [7, 11) is 0.149. The molecule has 0 unspecified atom stereocenters. The number of hydrogen-bond acceptors (Lipinski definition) is 13. The van der Waals surface area contributed by atoms with Gasteiger partial charge in [0.05, 0.1) is 18.4 Å². The van der Waals surface area contributed by atoms with Gasteiger partial charge in [-0.2, -0.15) is 9.97 Å². The summed E-state index contributed by atoms with van der Waals surface area (Å²) in [6.07, 6.45) is -0.0389. The number of nitrogens with two attached hydrogens (primary N) is 1. The van der Waals surface area contributed by atoms with Crippen LogP contribution < -0.4 is 26.7 Å². The molecule has 2 aromatic heterocycles. The number of amides is 2. The molecule has 0 radical (unpaired) electrons. The lowest BCUT2D eigenvalue weighted by molar-refractivity contribution is -0.140. The van der Waals surface area contributed by atoms with Gasteiger partial charge in [-0.15, -0.1) is 0 Å². The first-order valence-corrected chi connectivity index (χ1v) is 13.6. The number of carboxylic acids is 2. The van der Waals surface area contributed by atoms with E-state index in [-0.39, 0.29) is 53.5 Å². The second kappa shape index (κ2) is 14.7. The normalized spacial score (nSPS) is 11.4. The van der Waals surface area contributed by atoms with E-state index < -0.39 is 43.5 Å². The van der Waals surface area contributed by atoms with Gasteiger partial charge in [-0.1, -0.05) is 24.3 Å². The zero-order valence-electron chi connectivity index (χ0n) is 24.3. The number of carbonyl (C=O) groups is 4. The third-order valence-corrected chi connectivity index (χ3v) is 6.56. The molecule has 238 valence electrons. The van der Waals surface area contributed by atoms with E-state index in [4.69, 9.17) is 15.6 Å². The summed E-state index contributed by atoms with van der Waals surface area (Å²) < 4.78 is 5.24. The highest BCUT2D eigenvalue weighted by Crippen LogP contribution is 2.21. The fourth-order valence-electron chi connectivity index (χ4n) is 4.16. The summed E-state index contributed by atoms with van der Waals surface area (Å²) in [6, 6.07) is 11.1. The van der Waals surface area contributed by atoms with Crippen LogP contribution in [0.25, 0.3) is 11.2 Å². The van der Waals surface area contributed by atoms with Gasteiger partial charge < -0.3 is 40.9 Å². The van der Waals surface area contributed by atoms with Crippen LogP contribution in [0.3, 0.4) is 0 Å². The van der Waals surface area contributed by atoms with Gasteiger partial charge >= 0.3 is 25.2 Å². The Balaban J connectivity index is 1.41. The lowest BCUT2D eigenvalue weighted by Crippen LogP contribution is -2.41. The monoisotopic (exact) mass is 632 g/mol. The van der Waals surface area contributed by atoms with Crippen molar-refractivity contribution in [3.8, 4) is 0 Å². The van der Waals surface area contributed by atoms with Crippen LogP contribution in [-0.4, -0.2) is 84.3 Å². The minimum atomic E-state index is -1.61. The standard InChI is InChI=1S/C28H29BN8O9/c1-37(19-8-4-16(5-9-19)25(40)33-20(26(41)42)10-11-21(38)39)13-18-12-31-23-22(32-18)24(35-27(30)34-23)36-28(43)46-14-15-2-6-17(7-3-15)29(44)45/h2-9,12,20,44-45H,10-11,13-14H2,1H3,(H,33,40)(H,38,39)(H,41,42)(H3,30,31,34,35,36,43)/t20-/m1/s1. The Labute approximate surface area is 261 Å². The molecule has 2 aromatic carbocycles. The molecule has 0 aliphatic carbocycles. The van der Waals surface area contributed by atoms with Crippen LogP contribution in [0.2, 0.25) is 0 Å². The van der Waals surface area contributed by atoms with Crippen molar-refractivity contribution in [2.45, 2.75) is 32.0 Å². The zero-order chi connectivity index (χ0) is 33.4. The number of nitrogens with zero attached hydrogens (tertiary/aromatic N) is 5. The van der Waals surface area contributed by atoms with E-state index in [9.17, 15) is 34.3 Å². The highest BCUT2D eigenvalue weighted by atomic mass is 16.5. The van der Waals surface area contributed by atoms with Crippen molar-refractivity contribution in [3.05, 3.63) is 71.5 Å². The quantitative estimate of drug-likeness (QED) is 0.0965. The van der Waals surface area contributed by atoms with Crippen LogP contribution in [0.4, 0.5) is 22.2 Å². The Morgan fingerprint density at radius 1 is 1.00 bits per heavy atom. The van der Waals surface area contributed by atoms with Crippen LogP contribution >= 0.6 is 0 Å². The molecule has 4 aromatic rings. The molecule has 0 saturated heterocycles. The number of carboxylic acid groups (broad SMARTS) is 2. The third-order valence-electron chi connectivity index (χ3n) is 6.56. The molecule has 8 N–H and O–H groups in total. The molecule has 0 saturated carbocycles. The number of benzene rings is 2. The molecule has 18 heteroatoms. The van der Waals surface area contributed by atoms with Gasteiger partial charge in [0.25, 0.3) is 5.91 Å². The topological polar surface area (TPSA) is 263 Å². The molecule has 0 fully saturated rings. The molecule has 0 aliphatic heterocycles. The Bertz CT molecular complexity index is 1740. The first kappa shape index (κ1) is 33.0. The predicted octanol–water partition coefficient (Wildman–Crippen LogP) is 0.115. The van der Waals surface area contributed by atoms with E-state index >= 15 is 0 Å². The molecule has 46 heavy (non-hydrogen) atoms. The van der Waals surface area contributed by atoms with Crippen molar-refractivity contribution in [2.24, 2.45) is 0 Å². The van der Waals surface area contributed by atoms with Crippen LogP contribution in [0.5, 0.6) is 0 Å². The van der Waals surface area contributed by atoms with E-state index in [1.807, 2.05) is 0 Å². The average molecular weight is 632 g/mol. The number of ether oxygens (including phenoxy) is 1. The van der Waals surface area contributed by atoms with Crippen molar-refractivity contribution in [1.29, 1.82) is 0 Å². The van der Waals surface area contributed by atoms with Gasteiger partial charge in [-0.05, 0) is 41.7 Å². The minimum Gasteiger partial charge on any atom is -0.481 e. The van der Waals surface area contributed by atoms with Gasteiger partial charge in [0.1, 0.15) is 12.6 Å². The second-order valence-corrected chi connectivity index (χ2v) is 9.98. The summed E-state index contributed by atoms with van der Waals surface area (Å²) in [6.45, 7) is 0.122. The van der Waals surface area contributed by atoms with Crippen LogP contribution in [0.15, 0.2) is 54.7 Å². The number of aliphatic carboxylic acids is 2. The van der Waals surface area contributed by atoms with E-state index in [2.05, 4.69) is 30.6 Å². The lowest BCUT2D eigenvalue weighted by Gasteiger charge is -2.19. The van der Waals surface area contributed by atoms with Crippen LogP contribution in [0.1, 0.15) is 34.5 Å². The van der Waals surface area contributed by atoms with Gasteiger partial charge in [-0.3, -0.25) is 14.9 Å². The van der Waals surface area contributed by atoms with Crippen LogP contribution in [0, 0.1) is 0 Å². The number of nitrogens with one attached hydrogen (secondary N) is 2. The summed E-state index contributed by atoms with van der Waals surface area (Å²) in [5.74, 6) is -3.35. The van der Waals surface area contributed by atoms with Crippen molar-refractivity contribution in [3.63, 3.8) is 0 Å². The number of rotatable bonds is 13. The maximum Gasteiger partial charge on any atom is 0.488 e. The highest BCUT2D eigenvalue weighted by Gasteiger charge is 2.22. The lowest BCUT2D eigenvalue weighted by atomic mass is 9.80. The molecule has 17 nitrogen and oxygen atoms in total. The zero-order valence-corrected chi connectivity index (χ0v) is 24.3. The molecule has 2 amide bonds. The number of nitrogen functional groups attached to an aromatic ring is 1. The van der Waals surface area contributed by atoms with E-state index in [1.165, 1.54) is 30.5 Å². The van der Waals surface area contributed by atoms with Gasteiger partial charge in [0, 0.05) is 24.7 Å². The second-order valence-electron chi connectivity index (χ2n) is 9.98.